The van der Waals surface area contributed by atoms with Gasteiger partial charge < -0.3 is 0 Å². The molecule has 0 radical (unpaired) electrons. The van der Waals surface area contributed by atoms with Crippen molar-refractivity contribution >= 4 is 26.7 Å². The number of aromatic nitrogens is 1. The Morgan fingerprint density at radius 3 is 1.96 bits per heavy atom. The monoisotopic (exact) mass is 441 g/mol. The van der Waals surface area contributed by atoms with Crippen LogP contribution in [0.5, 0.6) is 0 Å². The van der Waals surface area contributed by atoms with E-state index >= 15 is 0 Å². The summed E-state index contributed by atoms with van der Waals surface area (Å²) in [7, 11) is 0. The highest BCUT2D eigenvalue weighted by Crippen LogP contribution is 2.40. The smallest absolute Gasteiger partial charge is 0.251 e. The van der Waals surface area contributed by atoms with Crippen molar-refractivity contribution in [3.8, 4) is 22.4 Å². The molecule has 0 aliphatic heterocycles. The van der Waals surface area contributed by atoms with Gasteiger partial charge in [0.05, 0.1) is 17.8 Å². The molecule has 0 aliphatic carbocycles. The zero-order chi connectivity index (χ0) is 19.7. The highest BCUT2D eigenvalue weighted by atomic mass is 79.9. The van der Waals surface area contributed by atoms with E-state index in [0.717, 1.165) is 26.5 Å². The first kappa shape index (κ1) is 18.7. The van der Waals surface area contributed by atoms with Crippen LogP contribution in [-0.2, 0) is 6.42 Å². The van der Waals surface area contributed by atoms with Gasteiger partial charge >= 0.3 is 6.18 Å². The second kappa shape index (κ2) is 7.40. The topological polar surface area (TPSA) is 12.9 Å². The molecule has 1 nitrogen and oxygen atoms in total. The van der Waals surface area contributed by atoms with Crippen LogP contribution in [0.25, 0.3) is 33.2 Å². The maximum absolute atomic E-state index is 13.3. The van der Waals surface area contributed by atoms with Gasteiger partial charge in [-0.3, -0.25) is 4.98 Å². The van der Waals surface area contributed by atoms with Crippen molar-refractivity contribution in [1.29, 1.82) is 0 Å². The molecule has 28 heavy (non-hydrogen) atoms. The molecule has 0 amide bonds. The van der Waals surface area contributed by atoms with Gasteiger partial charge in [0.2, 0.25) is 0 Å². The first-order valence-electron chi connectivity index (χ1n) is 8.72. The molecule has 0 fully saturated rings. The Hall–Kier alpha value is -2.66. The second-order valence-corrected chi connectivity index (χ2v) is 7.41. The normalized spacial score (nSPS) is 11.7. The first-order valence-corrected chi connectivity index (χ1v) is 9.51. The van der Waals surface area contributed by atoms with Crippen LogP contribution in [0.3, 0.4) is 0 Å². The number of rotatable bonds is 3. The zero-order valence-corrected chi connectivity index (χ0v) is 16.3. The summed E-state index contributed by atoms with van der Waals surface area (Å²) in [6, 6.07) is 24.3. The van der Waals surface area contributed by atoms with Crippen LogP contribution in [0.4, 0.5) is 13.2 Å². The number of halogens is 4. The summed E-state index contributed by atoms with van der Waals surface area (Å²) in [5.41, 5.74) is 3.11. The van der Waals surface area contributed by atoms with Gasteiger partial charge in [-0.15, -0.1) is 0 Å². The molecule has 3 aromatic carbocycles. The van der Waals surface area contributed by atoms with Gasteiger partial charge in [-0.05, 0) is 23.1 Å². The largest absolute Gasteiger partial charge is 0.394 e. The molecule has 0 atom stereocenters. The molecule has 4 aromatic rings. The van der Waals surface area contributed by atoms with E-state index in [-0.39, 0.29) is 5.69 Å². The third-order valence-corrected chi connectivity index (χ3v) is 5.02. The summed E-state index contributed by atoms with van der Waals surface area (Å²) in [5.74, 6) is 0. The second-order valence-electron chi connectivity index (χ2n) is 6.50. The lowest BCUT2D eigenvalue weighted by Gasteiger charge is -2.18. The Morgan fingerprint density at radius 1 is 0.750 bits per heavy atom. The lowest BCUT2D eigenvalue weighted by Crippen LogP contribution is -2.14. The van der Waals surface area contributed by atoms with Crippen LogP contribution < -0.4 is 0 Å². The molecule has 1 heterocycles. The average molecular weight is 442 g/mol. The third-order valence-electron chi connectivity index (χ3n) is 4.52. The zero-order valence-electron chi connectivity index (χ0n) is 14.7. The van der Waals surface area contributed by atoms with Crippen LogP contribution in [0, 0.1) is 0 Å². The summed E-state index contributed by atoms with van der Waals surface area (Å²) in [6.07, 6.45) is -5.41. The fraction of sp³-hybridized carbons (Fsp3) is 0.0870. The summed E-state index contributed by atoms with van der Waals surface area (Å²) >= 11 is 3.46. The Labute approximate surface area is 169 Å². The van der Waals surface area contributed by atoms with Gasteiger partial charge in [-0.2, -0.15) is 13.2 Å². The van der Waals surface area contributed by atoms with E-state index in [1.54, 1.807) is 12.1 Å². The lowest BCUT2D eigenvalue weighted by molar-refractivity contribution is -0.127. The van der Waals surface area contributed by atoms with Crippen LogP contribution in [0.15, 0.2) is 83.3 Å². The van der Waals surface area contributed by atoms with Crippen LogP contribution in [-0.4, -0.2) is 11.2 Å². The van der Waals surface area contributed by atoms with Crippen molar-refractivity contribution < 1.29 is 13.2 Å². The molecule has 5 heteroatoms. The standard InChI is InChI=1S/C23H15BrF3N/c24-17-11-12-18-19(13-17)21(15-7-3-1-4-8-15)22(16-9-5-2-6-10-16)28-20(18)14-23(25,26)27/h1-13H,14H2. The van der Waals surface area contributed by atoms with E-state index in [1.165, 1.54) is 0 Å². The molecule has 0 saturated heterocycles. The van der Waals surface area contributed by atoms with Crippen molar-refractivity contribution in [3.05, 3.63) is 89.0 Å². The maximum Gasteiger partial charge on any atom is 0.394 e. The summed E-state index contributed by atoms with van der Waals surface area (Å²) < 4.78 is 40.6. The van der Waals surface area contributed by atoms with E-state index in [1.807, 2.05) is 66.7 Å². The van der Waals surface area contributed by atoms with Crippen LogP contribution in [0.1, 0.15) is 5.69 Å². The molecule has 0 unspecified atom stereocenters. The highest BCUT2D eigenvalue weighted by molar-refractivity contribution is 9.10. The minimum atomic E-state index is -4.34. The molecule has 0 aliphatic rings. The van der Waals surface area contributed by atoms with E-state index in [2.05, 4.69) is 20.9 Å². The van der Waals surface area contributed by atoms with Gasteiger partial charge in [0, 0.05) is 21.0 Å². The molecule has 1 aromatic heterocycles. The van der Waals surface area contributed by atoms with Crippen molar-refractivity contribution in [2.75, 3.05) is 0 Å². The summed E-state index contributed by atoms with van der Waals surface area (Å²) in [4.78, 5) is 4.53. The molecule has 140 valence electrons. The molecule has 0 saturated carbocycles. The predicted molar refractivity (Wildman–Crippen MR) is 110 cm³/mol. The average Bonchev–Trinajstić information content (AvgIpc) is 2.67. The number of hydrogen-bond donors (Lipinski definition) is 0. The first-order chi connectivity index (χ1) is 13.4. The summed E-state index contributed by atoms with van der Waals surface area (Å²) in [5, 5.41) is 1.26. The van der Waals surface area contributed by atoms with Crippen LogP contribution in [0.2, 0.25) is 0 Å². The Bertz CT molecular complexity index is 1120. The molecular weight excluding hydrogens is 427 g/mol. The minimum Gasteiger partial charge on any atom is -0.251 e. The molecular formula is C23H15BrF3N. The van der Waals surface area contributed by atoms with E-state index in [4.69, 9.17) is 0 Å². The lowest BCUT2D eigenvalue weighted by atomic mass is 9.92. The van der Waals surface area contributed by atoms with Gasteiger partial charge in [-0.25, -0.2) is 0 Å². The molecule has 0 N–H and O–H groups in total. The number of nitrogens with zero attached hydrogens (tertiary/aromatic N) is 1. The third kappa shape index (κ3) is 3.80. The molecule has 4 rings (SSSR count). The molecule has 0 bridgehead atoms. The number of hydrogen-bond acceptors (Lipinski definition) is 1. The van der Waals surface area contributed by atoms with Crippen molar-refractivity contribution in [2.24, 2.45) is 0 Å². The van der Waals surface area contributed by atoms with Gasteiger partial charge in [0.25, 0.3) is 0 Å². The van der Waals surface area contributed by atoms with Gasteiger partial charge in [0.15, 0.2) is 0 Å². The SMILES string of the molecule is FC(F)(F)Cc1nc(-c2ccccc2)c(-c2ccccc2)c2cc(Br)ccc12. The predicted octanol–water partition coefficient (Wildman–Crippen LogP) is 7.44. The fourth-order valence-corrected chi connectivity index (χ4v) is 3.74. The Morgan fingerprint density at radius 2 is 1.36 bits per heavy atom. The van der Waals surface area contributed by atoms with E-state index in [0.29, 0.717) is 11.1 Å². The van der Waals surface area contributed by atoms with E-state index < -0.39 is 12.6 Å². The van der Waals surface area contributed by atoms with Gasteiger partial charge in [-0.1, -0.05) is 82.7 Å². The Kier molecular flexibility index (Phi) is 4.94. The maximum atomic E-state index is 13.3. The number of alkyl halides is 3. The van der Waals surface area contributed by atoms with Crippen molar-refractivity contribution in [2.45, 2.75) is 12.6 Å². The number of benzene rings is 3. The quantitative estimate of drug-likeness (QED) is 0.322. The summed E-state index contributed by atoms with van der Waals surface area (Å²) in [6.45, 7) is 0. The fourth-order valence-electron chi connectivity index (χ4n) is 3.38. The number of fused-ring (bicyclic) bond motifs is 1. The van der Waals surface area contributed by atoms with Crippen LogP contribution >= 0.6 is 15.9 Å². The van der Waals surface area contributed by atoms with E-state index in [9.17, 15) is 13.2 Å². The molecule has 0 spiro atoms. The van der Waals surface area contributed by atoms with Gasteiger partial charge in [0.1, 0.15) is 0 Å². The van der Waals surface area contributed by atoms with Crippen molar-refractivity contribution in [3.63, 3.8) is 0 Å². The Balaban J connectivity index is 2.12. The highest BCUT2D eigenvalue weighted by Gasteiger charge is 2.30. The van der Waals surface area contributed by atoms with Crippen molar-refractivity contribution in [1.82, 2.24) is 4.98 Å². The number of pyridine rings is 1. The minimum absolute atomic E-state index is 0.0357.